The number of aliphatic hydroxyl groups is 1. The highest BCUT2D eigenvalue weighted by Crippen LogP contribution is 2.32. The standard InChI is InChI=1S/C18H27N3OS/c1-21-10-9-13-5-4-6-14(15(13)11-21)18(22)20-12-23-17-8-3-2-7-16(17)19/h3,6,8,18,20,22H,2,4-5,7,9-12,19H2,1H3/t18-/m1/s1. The third-order valence-corrected chi connectivity index (χ3v) is 5.79. The summed E-state index contributed by atoms with van der Waals surface area (Å²) >= 11 is 1.67. The van der Waals surface area contributed by atoms with Crippen LogP contribution in [0.15, 0.2) is 45.5 Å². The Hall–Kier alpha value is -1.01. The Morgan fingerprint density at radius 2 is 2.22 bits per heavy atom. The predicted molar refractivity (Wildman–Crippen MR) is 97.6 cm³/mol. The van der Waals surface area contributed by atoms with Crippen molar-refractivity contribution in [3.63, 3.8) is 0 Å². The maximum atomic E-state index is 10.6. The van der Waals surface area contributed by atoms with Gasteiger partial charge in [-0.05, 0) is 50.3 Å². The van der Waals surface area contributed by atoms with E-state index in [1.165, 1.54) is 11.1 Å². The van der Waals surface area contributed by atoms with Gasteiger partial charge in [-0.1, -0.05) is 23.8 Å². The minimum absolute atomic E-state index is 0.589. The fraction of sp³-hybridized carbons (Fsp3) is 0.556. The molecule has 1 heterocycles. The van der Waals surface area contributed by atoms with Crippen LogP contribution in [-0.2, 0) is 0 Å². The van der Waals surface area contributed by atoms with Crippen molar-refractivity contribution in [1.82, 2.24) is 10.2 Å². The number of nitrogens with zero attached hydrogens (tertiary/aromatic N) is 1. The van der Waals surface area contributed by atoms with Gasteiger partial charge in [-0.2, -0.15) is 0 Å². The second-order valence-corrected chi connectivity index (χ2v) is 7.51. The SMILES string of the molecule is CN1CCC2=C(C1)C([C@@H](O)NCSC1=C(N)CCC=C1)=CCC2. The zero-order valence-corrected chi connectivity index (χ0v) is 14.7. The highest BCUT2D eigenvalue weighted by atomic mass is 32.2. The third kappa shape index (κ3) is 4.10. The summed E-state index contributed by atoms with van der Waals surface area (Å²) in [5.41, 5.74) is 11.0. The van der Waals surface area contributed by atoms with Crippen LogP contribution in [0, 0.1) is 0 Å². The lowest BCUT2D eigenvalue weighted by Gasteiger charge is -2.33. The average molecular weight is 334 g/mol. The Morgan fingerprint density at radius 3 is 3.04 bits per heavy atom. The molecule has 3 aliphatic rings. The number of allylic oxidation sites excluding steroid dienone is 4. The maximum absolute atomic E-state index is 10.6. The first-order valence-electron chi connectivity index (χ1n) is 8.44. The van der Waals surface area contributed by atoms with Crippen molar-refractivity contribution in [2.45, 2.75) is 38.3 Å². The molecule has 126 valence electrons. The topological polar surface area (TPSA) is 61.5 Å². The van der Waals surface area contributed by atoms with Gasteiger partial charge in [0.15, 0.2) is 0 Å². The van der Waals surface area contributed by atoms with Crippen LogP contribution in [0.2, 0.25) is 0 Å². The Labute approximate surface area is 143 Å². The maximum Gasteiger partial charge on any atom is 0.131 e. The van der Waals surface area contributed by atoms with Crippen molar-refractivity contribution in [1.29, 1.82) is 0 Å². The monoisotopic (exact) mass is 333 g/mol. The van der Waals surface area contributed by atoms with Gasteiger partial charge < -0.3 is 15.7 Å². The van der Waals surface area contributed by atoms with Crippen molar-refractivity contribution < 1.29 is 5.11 Å². The summed E-state index contributed by atoms with van der Waals surface area (Å²) in [5.74, 6) is 0.664. The second kappa shape index (κ2) is 7.71. The van der Waals surface area contributed by atoms with Crippen LogP contribution >= 0.6 is 11.8 Å². The number of nitrogens with two attached hydrogens (primary N) is 1. The molecule has 0 amide bonds. The number of hydrogen-bond donors (Lipinski definition) is 3. The summed E-state index contributed by atoms with van der Waals surface area (Å²) in [5, 5.41) is 13.8. The van der Waals surface area contributed by atoms with Crippen molar-refractivity contribution in [2.75, 3.05) is 26.0 Å². The normalized spacial score (nSPS) is 23.8. The summed E-state index contributed by atoms with van der Waals surface area (Å²) in [7, 11) is 2.15. The van der Waals surface area contributed by atoms with Crippen LogP contribution in [0.5, 0.6) is 0 Å². The molecule has 1 atom stereocenters. The lowest BCUT2D eigenvalue weighted by atomic mass is 9.85. The van der Waals surface area contributed by atoms with E-state index >= 15 is 0 Å². The Kier molecular flexibility index (Phi) is 5.64. The van der Waals surface area contributed by atoms with E-state index in [0.717, 1.165) is 61.4 Å². The van der Waals surface area contributed by atoms with E-state index < -0.39 is 6.23 Å². The summed E-state index contributed by atoms with van der Waals surface area (Å²) in [4.78, 5) is 3.46. The van der Waals surface area contributed by atoms with Gasteiger partial charge in [0, 0.05) is 29.6 Å². The lowest BCUT2D eigenvalue weighted by Crippen LogP contribution is -2.37. The molecule has 1 aliphatic heterocycles. The van der Waals surface area contributed by atoms with Gasteiger partial charge in [0.2, 0.25) is 0 Å². The molecule has 2 aliphatic carbocycles. The van der Waals surface area contributed by atoms with Gasteiger partial charge in [-0.25, -0.2) is 0 Å². The van der Waals surface area contributed by atoms with Crippen LogP contribution in [0.4, 0.5) is 0 Å². The summed E-state index contributed by atoms with van der Waals surface area (Å²) in [6.07, 6.45) is 11.2. The van der Waals surface area contributed by atoms with E-state index in [4.69, 9.17) is 5.73 Å². The molecule has 23 heavy (non-hydrogen) atoms. The first-order valence-corrected chi connectivity index (χ1v) is 9.43. The smallest absolute Gasteiger partial charge is 0.131 e. The van der Waals surface area contributed by atoms with Crippen LogP contribution in [-0.4, -0.2) is 42.2 Å². The molecule has 0 aromatic rings. The minimum atomic E-state index is -0.589. The summed E-state index contributed by atoms with van der Waals surface area (Å²) in [6.45, 7) is 2.08. The van der Waals surface area contributed by atoms with Crippen LogP contribution in [0.25, 0.3) is 0 Å². The number of rotatable bonds is 5. The van der Waals surface area contributed by atoms with E-state index in [1.54, 1.807) is 11.8 Å². The molecule has 0 spiro atoms. The molecule has 4 nitrogen and oxygen atoms in total. The predicted octanol–water partition coefficient (Wildman–Crippen LogP) is 2.46. The van der Waals surface area contributed by atoms with Crippen molar-refractivity contribution in [3.05, 3.63) is 45.5 Å². The minimum Gasteiger partial charge on any atom is -0.401 e. The van der Waals surface area contributed by atoms with E-state index in [1.807, 2.05) is 0 Å². The molecule has 4 N–H and O–H groups in total. The summed E-state index contributed by atoms with van der Waals surface area (Å²) in [6, 6.07) is 0. The van der Waals surface area contributed by atoms with E-state index in [2.05, 4.69) is 35.5 Å². The number of nitrogens with one attached hydrogen (secondary N) is 1. The molecule has 3 rings (SSSR count). The first kappa shape index (κ1) is 16.8. The number of aliphatic hydroxyl groups excluding tert-OH is 1. The van der Waals surface area contributed by atoms with Crippen molar-refractivity contribution >= 4 is 11.8 Å². The van der Waals surface area contributed by atoms with Crippen LogP contribution in [0.3, 0.4) is 0 Å². The quantitative estimate of drug-likeness (QED) is 0.675. The largest absolute Gasteiger partial charge is 0.401 e. The lowest BCUT2D eigenvalue weighted by molar-refractivity contribution is 0.179. The fourth-order valence-corrected chi connectivity index (χ4v) is 4.30. The van der Waals surface area contributed by atoms with Gasteiger partial charge in [0.1, 0.15) is 6.23 Å². The molecular weight excluding hydrogens is 306 g/mol. The van der Waals surface area contributed by atoms with Gasteiger partial charge in [-0.3, -0.25) is 5.32 Å². The summed E-state index contributed by atoms with van der Waals surface area (Å²) < 4.78 is 0. The molecule has 0 aromatic heterocycles. The van der Waals surface area contributed by atoms with Gasteiger partial charge in [-0.15, -0.1) is 11.8 Å². The van der Waals surface area contributed by atoms with Crippen molar-refractivity contribution in [3.8, 4) is 0 Å². The Bertz CT molecular complexity index is 577. The fourth-order valence-electron chi connectivity index (χ4n) is 3.42. The molecule has 5 heteroatoms. The zero-order chi connectivity index (χ0) is 16.2. The zero-order valence-electron chi connectivity index (χ0n) is 13.8. The highest BCUT2D eigenvalue weighted by Gasteiger charge is 2.25. The number of likely N-dealkylation sites (N-methyl/N-ethyl adjacent to an activating group) is 1. The molecule has 0 radical (unpaired) electrons. The first-order chi connectivity index (χ1) is 11.1. The van der Waals surface area contributed by atoms with Crippen LogP contribution in [0.1, 0.15) is 32.1 Å². The van der Waals surface area contributed by atoms with E-state index in [0.29, 0.717) is 5.88 Å². The Balaban J connectivity index is 1.57. The van der Waals surface area contributed by atoms with Gasteiger partial charge >= 0.3 is 0 Å². The molecule has 0 unspecified atom stereocenters. The van der Waals surface area contributed by atoms with Crippen molar-refractivity contribution in [2.24, 2.45) is 5.73 Å². The van der Waals surface area contributed by atoms with E-state index in [9.17, 15) is 5.11 Å². The second-order valence-electron chi connectivity index (χ2n) is 6.49. The molecular formula is C18H27N3OS. The average Bonchev–Trinajstić information content (AvgIpc) is 2.56. The molecule has 0 fully saturated rings. The molecule has 0 saturated carbocycles. The third-order valence-electron chi connectivity index (χ3n) is 4.77. The van der Waals surface area contributed by atoms with Gasteiger partial charge in [0.25, 0.3) is 0 Å². The van der Waals surface area contributed by atoms with Crippen LogP contribution < -0.4 is 11.1 Å². The molecule has 0 bridgehead atoms. The van der Waals surface area contributed by atoms with Gasteiger partial charge in [0.05, 0.1) is 0 Å². The highest BCUT2D eigenvalue weighted by molar-refractivity contribution is 8.03. The van der Waals surface area contributed by atoms with E-state index in [-0.39, 0.29) is 0 Å². The molecule has 0 saturated heterocycles. The number of hydrogen-bond acceptors (Lipinski definition) is 5. The molecule has 0 aromatic carbocycles. The Morgan fingerprint density at radius 1 is 1.35 bits per heavy atom. The number of thioether (sulfide) groups is 1.